The van der Waals surface area contributed by atoms with Gasteiger partial charge in [-0.3, -0.25) is 4.79 Å². The third-order valence-electron chi connectivity index (χ3n) is 7.65. The number of aromatic hydroxyl groups is 4. The Balaban J connectivity index is 1.81. The Kier molecular flexibility index (Phi) is 7.93. The summed E-state index contributed by atoms with van der Waals surface area (Å²) >= 11 is 0. The molecule has 0 unspecified atom stereocenters. The summed E-state index contributed by atoms with van der Waals surface area (Å²) in [6.45, 7) is 0.286. The van der Waals surface area contributed by atoms with Crippen molar-refractivity contribution in [3.63, 3.8) is 0 Å². The van der Waals surface area contributed by atoms with Crippen molar-refractivity contribution < 1.29 is 74.8 Å². The first-order chi connectivity index (χ1) is 20.2. The van der Waals surface area contributed by atoms with Gasteiger partial charge in [-0.25, -0.2) is 0 Å². The second kappa shape index (κ2) is 11.1. The zero-order chi connectivity index (χ0) is 31.5. The molecular formula is C27H30O16. The van der Waals surface area contributed by atoms with Crippen LogP contribution in [-0.4, -0.2) is 124 Å². The molecule has 0 spiro atoms. The molecule has 0 bridgehead atoms. The van der Waals surface area contributed by atoms with Gasteiger partial charge in [0.05, 0.1) is 12.7 Å². The monoisotopic (exact) mass is 610 g/mol. The van der Waals surface area contributed by atoms with Crippen LogP contribution in [-0.2, 0) is 9.47 Å². The van der Waals surface area contributed by atoms with E-state index >= 15 is 0 Å². The first-order valence-electron chi connectivity index (χ1n) is 13.0. The number of aliphatic hydroxyl groups is 7. The van der Waals surface area contributed by atoms with Gasteiger partial charge in [-0.15, -0.1) is 0 Å². The van der Waals surface area contributed by atoms with E-state index in [2.05, 4.69) is 0 Å². The molecule has 3 heterocycles. The lowest BCUT2D eigenvalue weighted by Gasteiger charge is -2.54. The Morgan fingerprint density at radius 3 is 2.19 bits per heavy atom. The van der Waals surface area contributed by atoms with Crippen LogP contribution in [0.4, 0.5) is 0 Å². The highest BCUT2D eigenvalue weighted by atomic mass is 16.7. The van der Waals surface area contributed by atoms with Crippen LogP contribution in [0.2, 0.25) is 0 Å². The van der Waals surface area contributed by atoms with Crippen LogP contribution in [0.3, 0.4) is 0 Å². The van der Waals surface area contributed by atoms with Crippen molar-refractivity contribution in [2.75, 3.05) is 6.61 Å². The van der Waals surface area contributed by atoms with Crippen LogP contribution in [0.25, 0.3) is 22.3 Å². The topological polar surface area (TPSA) is 280 Å². The van der Waals surface area contributed by atoms with Crippen molar-refractivity contribution in [1.29, 1.82) is 0 Å². The summed E-state index contributed by atoms with van der Waals surface area (Å²) in [5.41, 5.74) is -1.72. The predicted molar refractivity (Wildman–Crippen MR) is 140 cm³/mol. The fraction of sp³-hybridized carbons (Fsp3) is 0.444. The molecule has 2 aromatic carbocycles. The number of ether oxygens (including phenoxy) is 3. The Morgan fingerprint density at radius 1 is 0.837 bits per heavy atom. The lowest BCUT2D eigenvalue weighted by molar-refractivity contribution is -0.394. The van der Waals surface area contributed by atoms with Crippen LogP contribution >= 0.6 is 0 Å². The molecule has 3 aromatic rings. The molecule has 16 heteroatoms. The lowest BCUT2D eigenvalue weighted by atomic mass is 9.83. The maximum absolute atomic E-state index is 13.9. The minimum atomic E-state index is -2.95. The van der Waals surface area contributed by atoms with E-state index in [9.17, 15) is 61.0 Å². The molecule has 2 aliphatic rings. The lowest BCUT2D eigenvalue weighted by Crippen LogP contribution is -2.76. The van der Waals surface area contributed by atoms with E-state index < -0.39 is 113 Å². The Labute approximate surface area is 241 Å². The van der Waals surface area contributed by atoms with Gasteiger partial charge >= 0.3 is 0 Å². The molecule has 10 atom stereocenters. The Morgan fingerprint density at radius 2 is 1.53 bits per heavy atom. The third kappa shape index (κ3) is 4.92. The van der Waals surface area contributed by atoms with Crippen molar-refractivity contribution in [1.82, 2.24) is 0 Å². The SMILES string of the molecule is C[C@H]1O[C@H]([C@]2(Oc3c(-c4ccc(O)c(O)c4)oc4cc(O)cc(O)c4c3=O)O[C@H](CO)[C@H](O)[C@H](O)[C@H]2O)[C@@H](O)[C@@H](O)[C@@H]1O. The van der Waals surface area contributed by atoms with Crippen molar-refractivity contribution >= 4 is 11.0 Å². The number of phenols is 4. The fourth-order valence-electron chi connectivity index (χ4n) is 5.30. The normalized spacial score (nSPS) is 34.7. The van der Waals surface area contributed by atoms with E-state index in [4.69, 9.17) is 18.6 Å². The first kappa shape index (κ1) is 30.7. The average molecular weight is 611 g/mol. The van der Waals surface area contributed by atoms with E-state index in [-0.39, 0.29) is 11.1 Å². The van der Waals surface area contributed by atoms with Crippen LogP contribution in [0, 0.1) is 0 Å². The highest BCUT2D eigenvalue weighted by molar-refractivity contribution is 5.88. The zero-order valence-electron chi connectivity index (χ0n) is 22.3. The van der Waals surface area contributed by atoms with Crippen LogP contribution in [0.5, 0.6) is 28.7 Å². The third-order valence-corrected chi connectivity index (χ3v) is 7.65. The van der Waals surface area contributed by atoms with Gasteiger partial charge in [0.1, 0.15) is 59.1 Å². The summed E-state index contributed by atoms with van der Waals surface area (Å²) in [5.74, 6) is -6.96. The Hall–Kier alpha value is -3.71. The summed E-state index contributed by atoms with van der Waals surface area (Å²) in [4.78, 5) is 13.9. The van der Waals surface area contributed by atoms with E-state index in [1.54, 1.807) is 0 Å². The molecule has 0 aliphatic carbocycles. The predicted octanol–water partition coefficient (Wildman–Crippen LogP) is -2.30. The maximum Gasteiger partial charge on any atom is 0.269 e. The van der Waals surface area contributed by atoms with Crippen molar-refractivity contribution in [2.45, 2.75) is 67.6 Å². The number of hydrogen-bond donors (Lipinski definition) is 11. The smallest absolute Gasteiger partial charge is 0.269 e. The number of phenolic OH excluding ortho intramolecular Hbond substituents is 4. The molecule has 0 amide bonds. The van der Waals surface area contributed by atoms with Crippen LogP contribution < -0.4 is 10.2 Å². The second-order valence-corrected chi connectivity index (χ2v) is 10.5. The van der Waals surface area contributed by atoms with Crippen molar-refractivity contribution in [3.05, 3.63) is 40.6 Å². The highest BCUT2D eigenvalue weighted by Gasteiger charge is 2.65. The molecule has 16 nitrogen and oxygen atoms in total. The second-order valence-electron chi connectivity index (χ2n) is 10.5. The quantitative estimate of drug-likeness (QED) is 0.135. The average Bonchev–Trinajstić information content (AvgIpc) is 2.96. The Bertz CT molecular complexity index is 1570. The number of fused-ring (bicyclic) bond motifs is 1. The van der Waals surface area contributed by atoms with Gasteiger partial charge < -0.3 is 74.8 Å². The maximum atomic E-state index is 13.9. The van der Waals surface area contributed by atoms with Crippen molar-refractivity contribution in [3.8, 4) is 40.1 Å². The molecular weight excluding hydrogens is 580 g/mol. The van der Waals surface area contributed by atoms with Gasteiger partial charge in [0, 0.05) is 17.7 Å². The van der Waals surface area contributed by atoms with Crippen LogP contribution in [0.15, 0.2) is 39.5 Å². The van der Waals surface area contributed by atoms with Gasteiger partial charge in [0.2, 0.25) is 11.2 Å². The van der Waals surface area contributed by atoms with Gasteiger partial charge in [-0.1, -0.05) is 0 Å². The number of aliphatic hydroxyl groups excluding tert-OH is 7. The number of rotatable bonds is 5. The molecule has 11 N–H and O–H groups in total. The fourth-order valence-corrected chi connectivity index (χ4v) is 5.30. The molecule has 43 heavy (non-hydrogen) atoms. The molecule has 5 rings (SSSR count). The van der Waals surface area contributed by atoms with Gasteiger partial charge in [0.25, 0.3) is 5.79 Å². The van der Waals surface area contributed by atoms with E-state index in [0.717, 1.165) is 24.3 Å². The summed E-state index contributed by atoms with van der Waals surface area (Å²) in [6, 6.07) is 4.93. The van der Waals surface area contributed by atoms with Gasteiger partial charge in [-0.2, -0.15) is 0 Å². The minimum Gasteiger partial charge on any atom is -0.508 e. The van der Waals surface area contributed by atoms with Gasteiger partial charge in [0.15, 0.2) is 29.5 Å². The highest BCUT2D eigenvalue weighted by Crippen LogP contribution is 2.44. The molecule has 0 saturated carbocycles. The summed E-state index contributed by atoms with van der Waals surface area (Å²) < 4.78 is 23.1. The largest absolute Gasteiger partial charge is 0.508 e. The van der Waals surface area contributed by atoms with Crippen molar-refractivity contribution in [2.24, 2.45) is 0 Å². The van der Waals surface area contributed by atoms with Gasteiger partial charge in [-0.05, 0) is 25.1 Å². The van der Waals surface area contributed by atoms with E-state index in [0.29, 0.717) is 0 Å². The molecule has 1 aromatic heterocycles. The first-order valence-corrected chi connectivity index (χ1v) is 13.0. The minimum absolute atomic E-state index is 0.152. The molecule has 2 fully saturated rings. The number of hydrogen-bond acceptors (Lipinski definition) is 16. The number of benzene rings is 2. The molecule has 0 radical (unpaired) electrons. The van der Waals surface area contributed by atoms with E-state index in [1.165, 1.54) is 13.0 Å². The summed E-state index contributed by atoms with van der Waals surface area (Å²) in [6.07, 6.45) is -17.3. The summed E-state index contributed by atoms with van der Waals surface area (Å²) in [7, 11) is 0. The molecule has 2 aliphatic heterocycles. The standard InChI is InChI=1S/C27H30O16/c1-8-17(33)20(36)22(38)26(40-8)27(25(39)21(37)18(34)15(7-28)42-27)43-24-19(35)16-13(32)5-10(29)6-14(16)41-23(24)9-2-3-11(30)12(31)4-9/h2-6,8,15,17-18,20-22,25-26,28-34,36-39H,7H2,1H3/t8-,15-,17-,18+,20+,21+,22+,25-,26+,27+/m1/s1. The molecule has 234 valence electrons. The molecule has 2 saturated heterocycles. The zero-order valence-corrected chi connectivity index (χ0v) is 22.3. The van der Waals surface area contributed by atoms with Crippen LogP contribution in [0.1, 0.15) is 6.92 Å². The summed E-state index contributed by atoms with van der Waals surface area (Å²) in [5, 5.41) is 114. The van der Waals surface area contributed by atoms with E-state index in [1.807, 2.05) is 0 Å².